The fraction of sp³-hybridized carbons (Fsp3) is 0.261. The summed E-state index contributed by atoms with van der Waals surface area (Å²) in [6, 6.07) is 7.61. The number of aromatic nitrogens is 3. The topological polar surface area (TPSA) is 154 Å². The molecular weight excluding hydrogens is 444 g/mol. The highest BCUT2D eigenvalue weighted by Gasteiger charge is 2.56. The van der Waals surface area contributed by atoms with E-state index in [1.165, 1.54) is 6.20 Å². The molecule has 1 fully saturated rings. The largest absolute Gasteiger partial charge is 0.480 e. The Bertz CT molecular complexity index is 1430. The van der Waals surface area contributed by atoms with Crippen molar-refractivity contribution in [3.05, 3.63) is 59.1 Å². The first-order chi connectivity index (χ1) is 16.4. The highest BCUT2D eigenvalue weighted by atomic mass is 16.6. The van der Waals surface area contributed by atoms with Crippen LogP contribution < -0.4 is 5.32 Å². The standard InChI is InChI=1S/C23H18N4O7/c1-12-5-3-4-6-14(12)13(2)31-22(30)25-15-11-24-34-16(15)7-8-17-26-18-19(32-17)27-20(33-18)23(9-10-23)21(28)29/h3-6,11,13H,9-10H2,1-2H3,(H,25,30)(H,28,29). The van der Waals surface area contributed by atoms with Crippen molar-refractivity contribution in [3.63, 3.8) is 0 Å². The quantitative estimate of drug-likeness (QED) is 0.417. The second-order valence-electron chi connectivity index (χ2n) is 7.88. The van der Waals surface area contributed by atoms with E-state index in [2.05, 4.69) is 32.3 Å². The number of anilines is 1. The van der Waals surface area contributed by atoms with Crippen LogP contribution in [0, 0.1) is 18.8 Å². The van der Waals surface area contributed by atoms with E-state index in [0.29, 0.717) is 12.8 Å². The summed E-state index contributed by atoms with van der Waals surface area (Å²) in [5.41, 5.74) is 1.12. The van der Waals surface area contributed by atoms with E-state index >= 15 is 0 Å². The third-order valence-electron chi connectivity index (χ3n) is 5.54. The molecular formula is C23H18N4O7. The molecule has 0 radical (unpaired) electrons. The summed E-state index contributed by atoms with van der Waals surface area (Å²) in [4.78, 5) is 31.9. The first-order valence-corrected chi connectivity index (χ1v) is 10.4. The first kappa shape index (κ1) is 21.3. The molecule has 5 rings (SSSR count). The minimum absolute atomic E-state index is 0.0222. The number of ether oxygens (including phenoxy) is 1. The maximum Gasteiger partial charge on any atom is 0.412 e. The van der Waals surface area contributed by atoms with Gasteiger partial charge in [0, 0.05) is 5.92 Å². The molecule has 0 saturated heterocycles. The van der Waals surface area contributed by atoms with Crippen molar-refractivity contribution < 1.29 is 32.8 Å². The average Bonchev–Trinajstić information content (AvgIpc) is 3.12. The second-order valence-corrected chi connectivity index (χ2v) is 7.88. The van der Waals surface area contributed by atoms with E-state index in [1.807, 2.05) is 31.2 Å². The molecule has 34 heavy (non-hydrogen) atoms. The molecule has 1 unspecified atom stereocenters. The number of carboxylic acids is 1. The fourth-order valence-electron chi connectivity index (χ4n) is 3.48. The third kappa shape index (κ3) is 3.86. The molecule has 1 amide bonds. The Morgan fingerprint density at radius 3 is 2.65 bits per heavy atom. The number of carbonyl (C=O) groups is 2. The summed E-state index contributed by atoms with van der Waals surface area (Å²) in [5.74, 6) is 4.42. The Morgan fingerprint density at radius 2 is 1.94 bits per heavy atom. The van der Waals surface area contributed by atoms with Gasteiger partial charge in [-0.2, -0.15) is 9.97 Å². The first-order valence-electron chi connectivity index (χ1n) is 10.4. The lowest BCUT2D eigenvalue weighted by atomic mass is 10.1. The molecule has 11 nitrogen and oxygen atoms in total. The summed E-state index contributed by atoms with van der Waals surface area (Å²) in [5, 5.41) is 15.5. The van der Waals surface area contributed by atoms with Crippen LogP contribution in [0.15, 0.2) is 43.8 Å². The maximum atomic E-state index is 12.3. The molecule has 1 atom stereocenters. The lowest BCUT2D eigenvalue weighted by Gasteiger charge is -2.15. The van der Waals surface area contributed by atoms with Crippen molar-refractivity contribution in [1.82, 2.24) is 15.1 Å². The number of nitrogens with zero attached hydrogens (tertiary/aromatic N) is 3. The average molecular weight is 462 g/mol. The van der Waals surface area contributed by atoms with Gasteiger partial charge in [0.05, 0.1) is 6.20 Å². The number of hydrogen-bond donors (Lipinski definition) is 2. The molecule has 172 valence electrons. The molecule has 2 N–H and O–H groups in total. The van der Waals surface area contributed by atoms with Gasteiger partial charge in [-0.05, 0) is 43.7 Å². The van der Waals surface area contributed by atoms with Crippen molar-refractivity contribution in [2.24, 2.45) is 0 Å². The Hall–Kier alpha value is -4.59. The van der Waals surface area contributed by atoms with Gasteiger partial charge >= 0.3 is 12.1 Å². The van der Waals surface area contributed by atoms with Crippen LogP contribution in [0.5, 0.6) is 0 Å². The number of nitrogens with one attached hydrogen (secondary N) is 1. The van der Waals surface area contributed by atoms with Crippen LogP contribution in [0.2, 0.25) is 0 Å². The normalized spacial score (nSPS) is 14.8. The zero-order chi connectivity index (χ0) is 23.9. The van der Waals surface area contributed by atoms with Crippen molar-refractivity contribution in [2.75, 3.05) is 5.32 Å². The number of carbonyl (C=O) groups excluding carboxylic acids is 1. The van der Waals surface area contributed by atoms with Crippen molar-refractivity contribution in [2.45, 2.75) is 38.2 Å². The van der Waals surface area contributed by atoms with E-state index in [9.17, 15) is 14.7 Å². The number of fused-ring (bicyclic) bond motifs is 1. The number of hydrogen-bond acceptors (Lipinski definition) is 9. The van der Waals surface area contributed by atoms with Gasteiger partial charge in [0.1, 0.15) is 17.2 Å². The predicted molar refractivity (Wildman–Crippen MR) is 115 cm³/mol. The fourth-order valence-corrected chi connectivity index (χ4v) is 3.48. The lowest BCUT2D eigenvalue weighted by molar-refractivity contribution is -0.140. The van der Waals surface area contributed by atoms with E-state index < -0.39 is 23.6 Å². The van der Waals surface area contributed by atoms with E-state index in [-0.39, 0.29) is 34.7 Å². The smallest absolute Gasteiger partial charge is 0.412 e. The number of aliphatic carboxylic acids is 1. The number of benzene rings is 1. The Morgan fingerprint density at radius 1 is 1.18 bits per heavy atom. The third-order valence-corrected chi connectivity index (χ3v) is 5.54. The van der Waals surface area contributed by atoms with E-state index in [0.717, 1.165) is 11.1 Å². The molecule has 1 saturated carbocycles. The van der Waals surface area contributed by atoms with E-state index in [4.69, 9.17) is 18.1 Å². The van der Waals surface area contributed by atoms with Gasteiger partial charge in [-0.15, -0.1) is 0 Å². The number of oxazole rings is 2. The SMILES string of the molecule is Cc1ccccc1C(C)OC(=O)Nc1cnoc1C#Cc1nc2oc(C3(C(=O)O)CC3)nc2o1. The molecule has 11 heteroatoms. The second kappa shape index (κ2) is 8.08. The van der Waals surface area contributed by atoms with Gasteiger partial charge in [0.2, 0.25) is 11.7 Å². The van der Waals surface area contributed by atoms with Crippen LogP contribution in [0.25, 0.3) is 11.4 Å². The predicted octanol–water partition coefficient (Wildman–Crippen LogP) is 3.94. The summed E-state index contributed by atoms with van der Waals surface area (Å²) in [6.45, 7) is 3.71. The number of amides is 1. The number of aryl methyl sites for hydroxylation is 1. The minimum Gasteiger partial charge on any atom is -0.480 e. The highest BCUT2D eigenvalue weighted by molar-refractivity contribution is 5.86. The summed E-state index contributed by atoms with van der Waals surface area (Å²) < 4.78 is 21.4. The van der Waals surface area contributed by atoms with Crippen molar-refractivity contribution in [1.29, 1.82) is 0 Å². The van der Waals surface area contributed by atoms with Gasteiger partial charge in [0.15, 0.2) is 0 Å². The minimum atomic E-state index is -1.10. The highest BCUT2D eigenvalue weighted by Crippen LogP contribution is 2.48. The molecule has 0 bridgehead atoms. The zero-order valence-electron chi connectivity index (χ0n) is 18.1. The Kier molecular flexibility index (Phi) is 5.05. The van der Waals surface area contributed by atoms with Crippen LogP contribution in [-0.2, 0) is 14.9 Å². The van der Waals surface area contributed by atoms with Crippen LogP contribution >= 0.6 is 0 Å². The van der Waals surface area contributed by atoms with Crippen molar-refractivity contribution >= 4 is 29.2 Å². The zero-order valence-corrected chi connectivity index (χ0v) is 18.1. The molecule has 0 spiro atoms. The van der Waals surface area contributed by atoms with Gasteiger partial charge in [-0.1, -0.05) is 29.4 Å². The lowest BCUT2D eigenvalue weighted by Crippen LogP contribution is -2.19. The Balaban J connectivity index is 1.27. The summed E-state index contributed by atoms with van der Waals surface area (Å²) in [6.07, 6.45) is 1.03. The van der Waals surface area contributed by atoms with Crippen LogP contribution in [0.4, 0.5) is 10.5 Å². The molecule has 3 heterocycles. The molecule has 0 aliphatic heterocycles. The van der Waals surface area contributed by atoms with Crippen LogP contribution in [0.3, 0.4) is 0 Å². The number of carboxylic acid groups (broad SMARTS) is 1. The molecule has 3 aromatic heterocycles. The van der Waals surface area contributed by atoms with Crippen LogP contribution in [-0.4, -0.2) is 32.3 Å². The van der Waals surface area contributed by atoms with Crippen LogP contribution in [0.1, 0.15) is 54.5 Å². The van der Waals surface area contributed by atoms with Gasteiger partial charge in [0.25, 0.3) is 17.3 Å². The molecule has 1 aliphatic rings. The van der Waals surface area contributed by atoms with Gasteiger partial charge < -0.3 is 23.2 Å². The number of rotatable bonds is 5. The maximum absolute atomic E-state index is 12.3. The van der Waals surface area contributed by atoms with Gasteiger partial charge in [-0.25, -0.2) is 4.79 Å². The summed E-state index contributed by atoms with van der Waals surface area (Å²) >= 11 is 0. The van der Waals surface area contributed by atoms with E-state index in [1.54, 1.807) is 6.92 Å². The Labute approximate surface area is 192 Å². The summed E-state index contributed by atoms with van der Waals surface area (Å²) in [7, 11) is 0. The monoisotopic (exact) mass is 462 g/mol. The van der Waals surface area contributed by atoms with Crippen molar-refractivity contribution in [3.8, 4) is 11.8 Å². The molecule has 1 aliphatic carbocycles. The molecule has 4 aromatic rings. The molecule has 1 aromatic carbocycles. The van der Waals surface area contributed by atoms with Gasteiger partial charge in [-0.3, -0.25) is 10.1 Å².